The summed E-state index contributed by atoms with van der Waals surface area (Å²) in [6, 6.07) is 5.33. The molecule has 0 aliphatic heterocycles. The van der Waals surface area contributed by atoms with E-state index in [-0.39, 0.29) is 12.5 Å². The second kappa shape index (κ2) is 5.14. The Balaban J connectivity index is 2.96. The van der Waals surface area contributed by atoms with Crippen molar-refractivity contribution in [2.24, 2.45) is 0 Å². The van der Waals surface area contributed by atoms with Gasteiger partial charge in [-0.2, -0.15) is 0 Å². The second-order valence-electron chi connectivity index (χ2n) is 3.39. The van der Waals surface area contributed by atoms with Gasteiger partial charge in [0.1, 0.15) is 0 Å². The molecule has 0 atom stereocenters. The number of hydrogen-bond donors (Lipinski definition) is 1. The zero-order valence-corrected chi connectivity index (χ0v) is 9.58. The van der Waals surface area contributed by atoms with Crippen molar-refractivity contribution in [2.75, 3.05) is 20.2 Å². The molecule has 4 heteroatoms. The number of aliphatic hydroxyl groups is 1. The van der Waals surface area contributed by atoms with Gasteiger partial charge in [-0.15, -0.1) is 0 Å². The Labute approximate surface area is 94.3 Å². The fraction of sp³-hybridized carbons (Fsp3) is 0.364. The van der Waals surface area contributed by atoms with Crippen LogP contribution in [0.3, 0.4) is 0 Å². The SMILES string of the molecule is Cc1cccc(C(=O)N(C)CCO)c1Cl. The molecule has 0 spiro atoms. The average Bonchev–Trinajstić information content (AvgIpc) is 2.21. The maximum Gasteiger partial charge on any atom is 0.255 e. The van der Waals surface area contributed by atoms with Crippen molar-refractivity contribution >= 4 is 17.5 Å². The van der Waals surface area contributed by atoms with Gasteiger partial charge in [0.15, 0.2) is 0 Å². The molecular formula is C11H14ClNO2. The summed E-state index contributed by atoms with van der Waals surface area (Å²) in [6.07, 6.45) is 0. The van der Waals surface area contributed by atoms with Gasteiger partial charge in [-0.1, -0.05) is 23.7 Å². The molecule has 0 radical (unpaired) electrons. The molecule has 0 saturated carbocycles. The van der Waals surface area contributed by atoms with Crippen LogP contribution in [0.1, 0.15) is 15.9 Å². The van der Waals surface area contributed by atoms with Gasteiger partial charge in [0, 0.05) is 13.6 Å². The minimum atomic E-state index is -0.169. The number of aliphatic hydroxyl groups excluding tert-OH is 1. The molecular weight excluding hydrogens is 214 g/mol. The van der Waals surface area contributed by atoms with Crippen LogP contribution in [0, 0.1) is 6.92 Å². The van der Waals surface area contributed by atoms with Crippen molar-refractivity contribution in [1.29, 1.82) is 0 Å². The number of amides is 1. The first-order valence-corrected chi connectivity index (χ1v) is 5.07. The van der Waals surface area contributed by atoms with Crippen LogP contribution in [-0.4, -0.2) is 36.1 Å². The Hall–Kier alpha value is -1.06. The second-order valence-corrected chi connectivity index (χ2v) is 3.76. The van der Waals surface area contributed by atoms with Crippen LogP contribution in [0.5, 0.6) is 0 Å². The van der Waals surface area contributed by atoms with Gasteiger partial charge in [-0.25, -0.2) is 0 Å². The molecule has 1 rings (SSSR count). The average molecular weight is 228 g/mol. The molecule has 0 aromatic heterocycles. The molecule has 82 valence electrons. The van der Waals surface area contributed by atoms with Gasteiger partial charge < -0.3 is 10.0 Å². The van der Waals surface area contributed by atoms with Crippen LogP contribution in [-0.2, 0) is 0 Å². The third-order valence-electron chi connectivity index (χ3n) is 2.20. The smallest absolute Gasteiger partial charge is 0.255 e. The molecule has 15 heavy (non-hydrogen) atoms. The van der Waals surface area contributed by atoms with Crippen LogP contribution in [0.4, 0.5) is 0 Å². The highest BCUT2D eigenvalue weighted by Crippen LogP contribution is 2.21. The van der Waals surface area contributed by atoms with Crippen molar-refractivity contribution in [3.8, 4) is 0 Å². The Morgan fingerprint density at radius 3 is 2.80 bits per heavy atom. The summed E-state index contributed by atoms with van der Waals surface area (Å²) in [5.74, 6) is -0.169. The summed E-state index contributed by atoms with van der Waals surface area (Å²) < 4.78 is 0. The number of nitrogens with zero attached hydrogens (tertiary/aromatic N) is 1. The molecule has 1 amide bonds. The molecule has 3 nitrogen and oxygen atoms in total. The van der Waals surface area contributed by atoms with Gasteiger partial charge in [0.05, 0.1) is 17.2 Å². The predicted octanol–water partition coefficient (Wildman–Crippen LogP) is 1.71. The third-order valence-corrected chi connectivity index (χ3v) is 2.71. The van der Waals surface area contributed by atoms with Crippen LogP contribution >= 0.6 is 11.6 Å². The van der Waals surface area contributed by atoms with Crippen molar-refractivity contribution in [1.82, 2.24) is 4.90 Å². The number of carbonyl (C=O) groups is 1. The Bertz CT molecular complexity index is 366. The fourth-order valence-electron chi connectivity index (χ4n) is 1.27. The molecule has 0 unspecified atom stereocenters. The molecule has 0 bridgehead atoms. The quantitative estimate of drug-likeness (QED) is 0.854. The van der Waals surface area contributed by atoms with Crippen molar-refractivity contribution in [3.05, 3.63) is 34.3 Å². The van der Waals surface area contributed by atoms with E-state index in [1.807, 2.05) is 13.0 Å². The lowest BCUT2D eigenvalue weighted by molar-refractivity contribution is 0.0767. The summed E-state index contributed by atoms with van der Waals surface area (Å²) >= 11 is 6.02. The lowest BCUT2D eigenvalue weighted by Gasteiger charge is -2.16. The van der Waals surface area contributed by atoms with E-state index in [2.05, 4.69) is 0 Å². The summed E-state index contributed by atoms with van der Waals surface area (Å²) in [5.41, 5.74) is 1.35. The number of likely N-dealkylation sites (N-methyl/N-ethyl adjacent to an activating group) is 1. The number of rotatable bonds is 3. The first kappa shape index (κ1) is 12.0. The zero-order valence-electron chi connectivity index (χ0n) is 8.83. The summed E-state index contributed by atoms with van der Waals surface area (Å²) in [7, 11) is 1.64. The van der Waals surface area contributed by atoms with E-state index < -0.39 is 0 Å². The monoisotopic (exact) mass is 227 g/mol. The molecule has 1 N–H and O–H groups in total. The van der Waals surface area contributed by atoms with Crippen molar-refractivity contribution in [2.45, 2.75) is 6.92 Å². The Kier molecular flexibility index (Phi) is 4.12. The number of aryl methyl sites for hydroxylation is 1. The summed E-state index contributed by atoms with van der Waals surface area (Å²) in [4.78, 5) is 13.3. The lowest BCUT2D eigenvalue weighted by atomic mass is 10.1. The lowest BCUT2D eigenvalue weighted by Crippen LogP contribution is -2.29. The molecule has 0 fully saturated rings. The zero-order chi connectivity index (χ0) is 11.4. The van der Waals surface area contributed by atoms with Crippen molar-refractivity contribution < 1.29 is 9.90 Å². The van der Waals surface area contributed by atoms with Gasteiger partial charge in [-0.05, 0) is 18.6 Å². The predicted molar refractivity (Wildman–Crippen MR) is 60.2 cm³/mol. The van der Waals surface area contributed by atoms with E-state index in [1.54, 1.807) is 19.2 Å². The molecule has 0 heterocycles. The van der Waals surface area contributed by atoms with E-state index in [4.69, 9.17) is 16.7 Å². The van der Waals surface area contributed by atoms with E-state index in [1.165, 1.54) is 4.90 Å². The normalized spacial score (nSPS) is 10.1. The Morgan fingerprint density at radius 1 is 1.53 bits per heavy atom. The minimum absolute atomic E-state index is 0.0499. The maximum atomic E-state index is 11.8. The van der Waals surface area contributed by atoms with Crippen LogP contribution in [0.2, 0.25) is 5.02 Å². The molecule has 0 saturated heterocycles. The highest BCUT2D eigenvalue weighted by Gasteiger charge is 2.15. The largest absolute Gasteiger partial charge is 0.395 e. The van der Waals surface area contributed by atoms with Gasteiger partial charge in [-0.3, -0.25) is 4.79 Å². The van der Waals surface area contributed by atoms with E-state index >= 15 is 0 Å². The van der Waals surface area contributed by atoms with Crippen molar-refractivity contribution in [3.63, 3.8) is 0 Å². The summed E-state index contributed by atoms with van der Waals surface area (Å²) in [6.45, 7) is 2.11. The van der Waals surface area contributed by atoms with Crippen LogP contribution < -0.4 is 0 Å². The highest BCUT2D eigenvalue weighted by molar-refractivity contribution is 6.34. The topological polar surface area (TPSA) is 40.5 Å². The van der Waals surface area contributed by atoms with E-state index in [0.29, 0.717) is 17.1 Å². The maximum absolute atomic E-state index is 11.8. The number of hydrogen-bond acceptors (Lipinski definition) is 2. The molecule has 1 aromatic rings. The van der Waals surface area contributed by atoms with Crippen LogP contribution in [0.15, 0.2) is 18.2 Å². The van der Waals surface area contributed by atoms with E-state index in [9.17, 15) is 4.79 Å². The Morgan fingerprint density at radius 2 is 2.20 bits per heavy atom. The van der Waals surface area contributed by atoms with Gasteiger partial charge in [0.2, 0.25) is 0 Å². The first-order valence-electron chi connectivity index (χ1n) is 4.69. The van der Waals surface area contributed by atoms with Gasteiger partial charge in [0.25, 0.3) is 5.91 Å². The minimum Gasteiger partial charge on any atom is -0.395 e. The number of halogens is 1. The number of carbonyl (C=O) groups excluding carboxylic acids is 1. The third kappa shape index (κ3) is 2.70. The van der Waals surface area contributed by atoms with Gasteiger partial charge >= 0.3 is 0 Å². The summed E-state index contributed by atoms with van der Waals surface area (Å²) in [5, 5.41) is 9.21. The highest BCUT2D eigenvalue weighted by atomic mass is 35.5. The fourth-order valence-corrected chi connectivity index (χ4v) is 1.48. The van der Waals surface area contributed by atoms with E-state index in [0.717, 1.165) is 5.56 Å². The molecule has 1 aromatic carbocycles. The number of benzene rings is 1. The van der Waals surface area contributed by atoms with Crippen LogP contribution in [0.25, 0.3) is 0 Å². The molecule has 0 aliphatic rings. The standard InChI is InChI=1S/C11H14ClNO2/c1-8-4-3-5-9(10(8)12)11(15)13(2)6-7-14/h3-5,14H,6-7H2,1-2H3. The molecule has 0 aliphatic carbocycles. The first-order chi connectivity index (χ1) is 7.07.